The average Bonchev–Trinajstić information content (AvgIpc) is 2.92. The zero-order valence-electron chi connectivity index (χ0n) is 12.7. The van der Waals surface area contributed by atoms with Crippen LogP contribution in [0.1, 0.15) is 11.4 Å². The molecule has 1 N–H and O–H groups in total. The van der Waals surface area contributed by atoms with E-state index in [0.717, 1.165) is 12.3 Å². The largest absolute Gasteiger partial charge is 0.493 e. The lowest BCUT2D eigenvalue weighted by atomic mass is 10.2. The number of hydrogen-bond acceptors (Lipinski definition) is 7. The number of benzene rings is 1. The lowest BCUT2D eigenvalue weighted by molar-refractivity contribution is -0.385. The third-order valence-corrected chi connectivity index (χ3v) is 3.17. The lowest BCUT2D eigenvalue weighted by Gasteiger charge is -2.09. The molecule has 0 radical (unpaired) electrons. The van der Waals surface area contributed by atoms with Gasteiger partial charge in [-0.3, -0.25) is 10.1 Å². The second-order valence-corrected chi connectivity index (χ2v) is 4.83. The number of nitro benzene ring substituents is 1. The van der Waals surface area contributed by atoms with Crippen LogP contribution in [-0.4, -0.2) is 40.2 Å². The van der Waals surface area contributed by atoms with Crippen LogP contribution < -0.4 is 9.47 Å². The Kier molecular flexibility index (Phi) is 5.06. The van der Waals surface area contributed by atoms with Crippen molar-refractivity contribution < 1.29 is 27.6 Å². The first-order chi connectivity index (χ1) is 11.7. The van der Waals surface area contributed by atoms with Crippen molar-refractivity contribution >= 4 is 24.1 Å². The van der Waals surface area contributed by atoms with Crippen molar-refractivity contribution in [2.45, 2.75) is 6.18 Å². The van der Waals surface area contributed by atoms with Crippen LogP contribution in [0.5, 0.6) is 11.5 Å². The lowest BCUT2D eigenvalue weighted by Crippen LogP contribution is -2.12. The standard InChI is InChI=1S/C12H10F3N5O4S/c1-23-8-4-6(3-7(20(21)22)9(8)24-2)5-16-19-10(12(13,14)15)17-18-11(19)25/h3-5H,1-2H3,(H,18,25)/b16-5-. The number of ether oxygens (including phenoxy) is 2. The second-order valence-electron chi connectivity index (χ2n) is 4.44. The Hall–Kier alpha value is -2.96. The molecule has 2 rings (SSSR count). The zero-order valence-corrected chi connectivity index (χ0v) is 13.5. The molecule has 0 aliphatic rings. The first-order valence-electron chi connectivity index (χ1n) is 6.38. The number of methoxy groups -OCH3 is 2. The van der Waals surface area contributed by atoms with Crippen LogP contribution in [0.25, 0.3) is 0 Å². The number of nitrogens with zero attached hydrogens (tertiary/aromatic N) is 4. The van der Waals surface area contributed by atoms with Gasteiger partial charge in [-0.1, -0.05) is 0 Å². The number of rotatable bonds is 5. The molecule has 0 aliphatic heterocycles. The van der Waals surface area contributed by atoms with E-state index < -0.39 is 27.4 Å². The summed E-state index contributed by atoms with van der Waals surface area (Å²) in [4.78, 5) is 10.4. The van der Waals surface area contributed by atoms with Gasteiger partial charge in [0.2, 0.25) is 10.5 Å². The smallest absolute Gasteiger partial charge is 0.453 e. The average molecular weight is 377 g/mol. The molecule has 0 saturated carbocycles. The monoisotopic (exact) mass is 377 g/mol. The van der Waals surface area contributed by atoms with Crippen molar-refractivity contribution in [3.05, 3.63) is 38.4 Å². The van der Waals surface area contributed by atoms with Crippen molar-refractivity contribution in [2.24, 2.45) is 5.10 Å². The summed E-state index contributed by atoms with van der Waals surface area (Å²) in [6, 6.07) is 2.38. The Balaban J connectivity index is 2.53. The van der Waals surface area contributed by atoms with E-state index in [1.165, 1.54) is 20.3 Å². The number of aromatic amines is 1. The van der Waals surface area contributed by atoms with Crippen LogP contribution in [0.4, 0.5) is 18.9 Å². The highest BCUT2D eigenvalue weighted by atomic mass is 32.1. The molecule has 1 heterocycles. The predicted octanol–water partition coefficient (Wildman–Crippen LogP) is 2.77. The van der Waals surface area contributed by atoms with Gasteiger partial charge in [0.25, 0.3) is 5.82 Å². The fraction of sp³-hybridized carbons (Fsp3) is 0.250. The van der Waals surface area contributed by atoms with Crippen LogP contribution in [0, 0.1) is 14.9 Å². The minimum Gasteiger partial charge on any atom is -0.493 e. The van der Waals surface area contributed by atoms with E-state index in [-0.39, 0.29) is 17.1 Å². The zero-order chi connectivity index (χ0) is 18.8. The molecule has 0 bridgehead atoms. The van der Waals surface area contributed by atoms with E-state index in [1.807, 2.05) is 5.10 Å². The summed E-state index contributed by atoms with van der Waals surface area (Å²) in [7, 11) is 2.48. The van der Waals surface area contributed by atoms with E-state index in [2.05, 4.69) is 10.2 Å². The van der Waals surface area contributed by atoms with Crippen molar-refractivity contribution in [2.75, 3.05) is 14.2 Å². The maximum Gasteiger partial charge on any atom is 0.453 e. The Morgan fingerprint density at radius 1 is 1.40 bits per heavy atom. The van der Waals surface area contributed by atoms with Crippen LogP contribution >= 0.6 is 12.2 Å². The number of H-pyrrole nitrogens is 1. The highest BCUT2D eigenvalue weighted by molar-refractivity contribution is 7.71. The van der Waals surface area contributed by atoms with Crippen molar-refractivity contribution in [3.63, 3.8) is 0 Å². The predicted molar refractivity (Wildman–Crippen MR) is 81.6 cm³/mol. The van der Waals surface area contributed by atoms with E-state index in [1.54, 1.807) is 0 Å². The van der Waals surface area contributed by atoms with Crippen molar-refractivity contribution in [1.82, 2.24) is 14.9 Å². The molecule has 1 aromatic carbocycles. The van der Waals surface area contributed by atoms with Gasteiger partial charge in [0, 0.05) is 11.6 Å². The van der Waals surface area contributed by atoms with Crippen LogP contribution in [-0.2, 0) is 6.18 Å². The molecule has 0 aliphatic carbocycles. The van der Waals surface area contributed by atoms with Gasteiger partial charge in [0.15, 0.2) is 5.75 Å². The van der Waals surface area contributed by atoms with Crippen LogP contribution in [0.2, 0.25) is 0 Å². The van der Waals surface area contributed by atoms with Gasteiger partial charge in [-0.25, -0.2) is 5.10 Å². The van der Waals surface area contributed by atoms with Crippen molar-refractivity contribution in [1.29, 1.82) is 0 Å². The van der Waals surface area contributed by atoms with Crippen LogP contribution in [0.3, 0.4) is 0 Å². The van der Waals surface area contributed by atoms with Gasteiger partial charge < -0.3 is 9.47 Å². The maximum atomic E-state index is 12.8. The summed E-state index contributed by atoms with van der Waals surface area (Å²) in [5.41, 5.74) is -0.337. The summed E-state index contributed by atoms with van der Waals surface area (Å²) < 4.78 is 48.4. The van der Waals surface area contributed by atoms with Crippen molar-refractivity contribution in [3.8, 4) is 11.5 Å². The molecule has 0 atom stereocenters. The highest BCUT2D eigenvalue weighted by Gasteiger charge is 2.37. The molecule has 0 amide bonds. The fourth-order valence-corrected chi connectivity index (χ4v) is 2.06. The number of nitrogens with one attached hydrogen (secondary N) is 1. The molecular formula is C12H10F3N5O4S. The second kappa shape index (κ2) is 6.88. The molecule has 25 heavy (non-hydrogen) atoms. The summed E-state index contributed by atoms with van der Waals surface area (Å²) in [5, 5.41) is 19.7. The summed E-state index contributed by atoms with van der Waals surface area (Å²) in [6.45, 7) is 0. The number of alkyl halides is 3. The van der Waals surface area contributed by atoms with Gasteiger partial charge in [0.05, 0.1) is 25.4 Å². The molecule has 0 unspecified atom stereocenters. The molecule has 9 nitrogen and oxygen atoms in total. The normalized spacial score (nSPS) is 11.7. The van der Waals surface area contributed by atoms with E-state index in [4.69, 9.17) is 21.7 Å². The SMILES string of the molecule is COc1cc(/C=N\n2c(C(F)(F)F)n[nH]c2=S)cc([N+](=O)[O-])c1OC. The molecule has 0 fully saturated rings. The first-order valence-corrected chi connectivity index (χ1v) is 6.79. The summed E-state index contributed by atoms with van der Waals surface area (Å²) in [5.74, 6) is -1.46. The molecule has 1 aromatic heterocycles. The molecule has 0 saturated heterocycles. The highest BCUT2D eigenvalue weighted by Crippen LogP contribution is 2.37. The van der Waals surface area contributed by atoms with Gasteiger partial charge >= 0.3 is 11.9 Å². The Morgan fingerprint density at radius 3 is 2.60 bits per heavy atom. The summed E-state index contributed by atoms with van der Waals surface area (Å²) >= 11 is 4.69. The van der Waals surface area contributed by atoms with E-state index >= 15 is 0 Å². The molecule has 0 spiro atoms. The summed E-state index contributed by atoms with van der Waals surface area (Å²) in [6.07, 6.45) is -3.83. The molecule has 2 aromatic rings. The Labute approximate surface area is 142 Å². The van der Waals surface area contributed by atoms with Crippen LogP contribution in [0.15, 0.2) is 17.2 Å². The number of halogens is 3. The topological polar surface area (TPSA) is 108 Å². The quantitative estimate of drug-likeness (QED) is 0.372. The minimum atomic E-state index is -4.78. The number of nitro groups is 1. The number of aromatic nitrogens is 3. The molecule has 13 heteroatoms. The van der Waals surface area contributed by atoms with Gasteiger partial charge in [-0.2, -0.15) is 22.9 Å². The Morgan fingerprint density at radius 2 is 2.08 bits per heavy atom. The molecular weight excluding hydrogens is 367 g/mol. The van der Waals surface area contributed by atoms with Gasteiger partial charge in [-0.05, 0) is 18.3 Å². The van der Waals surface area contributed by atoms with E-state index in [0.29, 0.717) is 4.68 Å². The third kappa shape index (κ3) is 3.76. The maximum absolute atomic E-state index is 12.8. The number of hydrogen-bond donors (Lipinski definition) is 1. The first kappa shape index (κ1) is 18.4. The fourth-order valence-electron chi connectivity index (χ4n) is 1.88. The third-order valence-electron chi connectivity index (χ3n) is 2.90. The Bertz CT molecular complexity index is 890. The minimum absolute atomic E-state index is 0.0185. The van der Waals surface area contributed by atoms with Gasteiger partial charge in [0.1, 0.15) is 0 Å². The van der Waals surface area contributed by atoms with Gasteiger partial charge in [-0.15, -0.1) is 5.10 Å². The van der Waals surface area contributed by atoms with E-state index in [9.17, 15) is 23.3 Å². The molecule has 134 valence electrons.